The van der Waals surface area contributed by atoms with Gasteiger partial charge in [0.1, 0.15) is 11.6 Å². The Kier molecular flexibility index (Phi) is 7.50. The maximum absolute atomic E-state index is 13.1. The average molecular weight is 474 g/mol. The lowest BCUT2D eigenvalue weighted by atomic mass is 10.1. The number of para-hydroxylation sites is 1. The first-order valence-corrected chi connectivity index (χ1v) is 11.7. The van der Waals surface area contributed by atoms with Gasteiger partial charge in [-0.3, -0.25) is 4.79 Å². The number of benzene rings is 2. The summed E-state index contributed by atoms with van der Waals surface area (Å²) in [4.78, 5) is 34.1. The molecular formula is C27H31N5O3. The first kappa shape index (κ1) is 24.1. The summed E-state index contributed by atoms with van der Waals surface area (Å²) in [7, 11) is 1.58. The minimum atomic E-state index is -0.312. The summed E-state index contributed by atoms with van der Waals surface area (Å²) < 4.78 is 5.36. The molecule has 0 spiro atoms. The zero-order chi connectivity index (χ0) is 24.8. The normalized spacial score (nSPS) is 13.7. The van der Waals surface area contributed by atoms with Crippen LogP contribution in [-0.2, 0) is 0 Å². The van der Waals surface area contributed by atoms with Crippen LogP contribution in [0.5, 0.6) is 5.75 Å². The van der Waals surface area contributed by atoms with Crippen LogP contribution in [0.25, 0.3) is 0 Å². The Hall–Kier alpha value is -4.07. The molecule has 1 saturated heterocycles. The molecule has 4 rings (SSSR count). The summed E-state index contributed by atoms with van der Waals surface area (Å²) >= 11 is 0. The maximum Gasteiger partial charge on any atom is 0.323 e. The number of pyridine rings is 1. The topological polar surface area (TPSA) is 86.8 Å². The molecule has 0 radical (unpaired) electrons. The second-order valence-corrected chi connectivity index (χ2v) is 8.56. The Morgan fingerprint density at radius 2 is 1.74 bits per heavy atom. The number of anilines is 3. The van der Waals surface area contributed by atoms with Crippen LogP contribution in [0.1, 0.15) is 27.9 Å². The zero-order valence-electron chi connectivity index (χ0n) is 20.4. The van der Waals surface area contributed by atoms with E-state index in [0.717, 1.165) is 35.6 Å². The summed E-state index contributed by atoms with van der Waals surface area (Å²) in [6.07, 6.45) is 2.49. The molecule has 1 aromatic heterocycles. The number of aromatic nitrogens is 1. The number of carbonyl (C=O) groups is 2. The number of nitrogens with one attached hydrogen (secondary N) is 2. The molecule has 3 amide bonds. The van der Waals surface area contributed by atoms with Crippen LogP contribution in [0.15, 0.2) is 60.8 Å². The first-order valence-electron chi connectivity index (χ1n) is 11.7. The van der Waals surface area contributed by atoms with Crippen LogP contribution < -0.4 is 20.3 Å². The van der Waals surface area contributed by atoms with Gasteiger partial charge in [0.15, 0.2) is 0 Å². The van der Waals surface area contributed by atoms with Gasteiger partial charge < -0.3 is 25.2 Å². The van der Waals surface area contributed by atoms with Crippen molar-refractivity contribution in [3.8, 4) is 5.75 Å². The minimum Gasteiger partial charge on any atom is -0.496 e. The van der Waals surface area contributed by atoms with Crippen LogP contribution in [0, 0.1) is 13.8 Å². The molecule has 1 aliphatic heterocycles. The van der Waals surface area contributed by atoms with Crippen LogP contribution >= 0.6 is 0 Å². The van der Waals surface area contributed by atoms with Crippen molar-refractivity contribution >= 4 is 29.1 Å². The van der Waals surface area contributed by atoms with Crippen molar-refractivity contribution < 1.29 is 14.3 Å². The molecular weight excluding hydrogens is 442 g/mol. The fraction of sp³-hybridized carbons (Fsp3) is 0.296. The third kappa shape index (κ3) is 5.71. The molecule has 2 heterocycles. The van der Waals surface area contributed by atoms with E-state index in [1.165, 1.54) is 0 Å². The second-order valence-electron chi connectivity index (χ2n) is 8.56. The largest absolute Gasteiger partial charge is 0.496 e. The Morgan fingerprint density at radius 1 is 0.914 bits per heavy atom. The Labute approximate surface area is 205 Å². The van der Waals surface area contributed by atoms with Crippen molar-refractivity contribution in [2.45, 2.75) is 20.3 Å². The minimum absolute atomic E-state index is 0.0216. The molecule has 8 heteroatoms. The summed E-state index contributed by atoms with van der Waals surface area (Å²) in [5.74, 6) is 1.38. The summed E-state index contributed by atoms with van der Waals surface area (Å²) in [6, 6.07) is 16.5. The number of ether oxygens (including phenoxy) is 1. The van der Waals surface area contributed by atoms with Gasteiger partial charge >= 0.3 is 6.03 Å². The molecule has 182 valence electrons. The van der Waals surface area contributed by atoms with E-state index in [4.69, 9.17) is 4.74 Å². The van der Waals surface area contributed by atoms with Gasteiger partial charge in [0.05, 0.1) is 24.6 Å². The molecule has 0 bridgehead atoms. The molecule has 2 N–H and O–H groups in total. The van der Waals surface area contributed by atoms with E-state index in [2.05, 4.69) is 20.5 Å². The molecule has 0 unspecified atom stereocenters. The zero-order valence-corrected chi connectivity index (χ0v) is 20.4. The highest BCUT2D eigenvalue weighted by Gasteiger charge is 2.23. The number of nitrogens with zero attached hydrogens (tertiary/aromatic N) is 3. The Bertz CT molecular complexity index is 1200. The summed E-state index contributed by atoms with van der Waals surface area (Å²) in [6.45, 7) is 6.73. The molecule has 35 heavy (non-hydrogen) atoms. The van der Waals surface area contributed by atoms with E-state index in [-0.39, 0.29) is 11.9 Å². The number of hydrogen-bond acceptors (Lipinski definition) is 5. The molecule has 8 nitrogen and oxygen atoms in total. The Balaban J connectivity index is 1.35. The van der Waals surface area contributed by atoms with Crippen molar-refractivity contribution in [2.75, 3.05) is 48.8 Å². The lowest BCUT2D eigenvalue weighted by Gasteiger charge is -2.23. The molecule has 3 aromatic rings. The summed E-state index contributed by atoms with van der Waals surface area (Å²) in [5, 5.41) is 5.72. The molecule has 0 atom stereocenters. The number of methoxy groups -OCH3 is 1. The van der Waals surface area contributed by atoms with E-state index in [1.807, 2.05) is 61.2 Å². The monoisotopic (exact) mass is 473 g/mol. The van der Waals surface area contributed by atoms with Crippen LogP contribution in [0.4, 0.5) is 22.0 Å². The molecule has 1 fully saturated rings. The number of carbonyl (C=O) groups excluding carboxylic acids is 2. The van der Waals surface area contributed by atoms with E-state index < -0.39 is 0 Å². The highest BCUT2D eigenvalue weighted by molar-refractivity contribution is 6.00. The van der Waals surface area contributed by atoms with Gasteiger partial charge in [-0.25, -0.2) is 9.78 Å². The third-order valence-corrected chi connectivity index (χ3v) is 6.30. The highest BCUT2D eigenvalue weighted by atomic mass is 16.5. The van der Waals surface area contributed by atoms with Crippen molar-refractivity contribution in [1.82, 2.24) is 9.88 Å². The number of aryl methyl sites for hydroxylation is 1. The molecule has 2 aromatic carbocycles. The van der Waals surface area contributed by atoms with Crippen molar-refractivity contribution in [2.24, 2.45) is 0 Å². The first-order chi connectivity index (χ1) is 17.0. The molecule has 0 saturated carbocycles. The van der Waals surface area contributed by atoms with Gasteiger partial charge in [-0.1, -0.05) is 24.3 Å². The van der Waals surface area contributed by atoms with Crippen LogP contribution in [0.3, 0.4) is 0 Å². The lowest BCUT2D eigenvalue weighted by molar-refractivity contribution is 0.0763. The van der Waals surface area contributed by atoms with Gasteiger partial charge in [-0.15, -0.1) is 0 Å². The lowest BCUT2D eigenvalue weighted by Crippen LogP contribution is -2.35. The maximum atomic E-state index is 13.1. The number of urea groups is 1. The van der Waals surface area contributed by atoms with E-state index in [1.54, 1.807) is 25.4 Å². The van der Waals surface area contributed by atoms with E-state index >= 15 is 0 Å². The van der Waals surface area contributed by atoms with Crippen molar-refractivity contribution in [3.63, 3.8) is 0 Å². The molecule has 0 aliphatic carbocycles. The molecule has 1 aliphatic rings. The van der Waals surface area contributed by atoms with Gasteiger partial charge in [-0.2, -0.15) is 0 Å². The quantitative estimate of drug-likeness (QED) is 0.561. The number of amides is 3. The van der Waals surface area contributed by atoms with Gasteiger partial charge in [0.25, 0.3) is 5.91 Å². The fourth-order valence-electron chi connectivity index (χ4n) is 4.16. The van der Waals surface area contributed by atoms with Gasteiger partial charge in [0, 0.05) is 31.9 Å². The van der Waals surface area contributed by atoms with E-state index in [9.17, 15) is 9.59 Å². The van der Waals surface area contributed by atoms with Crippen molar-refractivity contribution in [3.05, 3.63) is 77.5 Å². The van der Waals surface area contributed by atoms with E-state index in [0.29, 0.717) is 36.6 Å². The highest BCUT2D eigenvalue weighted by Crippen LogP contribution is 2.22. The third-order valence-electron chi connectivity index (χ3n) is 6.30. The van der Waals surface area contributed by atoms with Crippen LogP contribution in [-0.4, -0.2) is 55.1 Å². The number of rotatable bonds is 5. The number of hydrogen-bond donors (Lipinski definition) is 2. The average Bonchev–Trinajstić information content (AvgIpc) is 3.13. The fourth-order valence-corrected chi connectivity index (χ4v) is 4.16. The predicted molar refractivity (Wildman–Crippen MR) is 139 cm³/mol. The standard InChI is InChI=1S/C27H31N5O3/c1-19-8-6-10-23(20(19)2)30-27(34)29-21-12-13-25(28-18-21)31-14-7-15-32(17-16-31)26(33)22-9-4-5-11-24(22)35-3/h4-6,8-13,18H,7,14-17H2,1-3H3,(H2,29,30,34). The van der Waals surface area contributed by atoms with Gasteiger partial charge in [-0.05, 0) is 61.7 Å². The van der Waals surface area contributed by atoms with Crippen LogP contribution in [0.2, 0.25) is 0 Å². The second kappa shape index (κ2) is 10.9. The van der Waals surface area contributed by atoms with Gasteiger partial charge in [0.2, 0.25) is 0 Å². The summed E-state index contributed by atoms with van der Waals surface area (Å²) in [5.41, 5.74) is 4.13. The Morgan fingerprint density at radius 3 is 2.51 bits per heavy atom. The smallest absolute Gasteiger partial charge is 0.323 e. The SMILES string of the molecule is COc1ccccc1C(=O)N1CCCN(c2ccc(NC(=O)Nc3cccc(C)c3C)cn2)CC1. The van der Waals surface area contributed by atoms with Crippen molar-refractivity contribution in [1.29, 1.82) is 0 Å². The predicted octanol–water partition coefficient (Wildman–Crippen LogP) is 4.70.